The van der Waals surface area contributed by atoms with Gasteiger partial charge in [-0.1, -0.05) is 42.8 Å². The van der Waals surface area contributed by atoms with Gasteiger partial charge in [0.05, 0.1) is 0 Å². The van der Waals surface area contributed by atoms with Crippen LogP contribution < -0.4 is 5.32 Å². The second-order valence-corrected chi connectivity index (χ2v) is 8.14. The Balaban J connectivity index is 1.43. The molecule has 1 amide bonds. The highest BCUT2D eigenvalue weighted by Gasteiger charge is 2.16. The summed E-state index contributed by atoms with van der Waals surface area (Å²) in [4.78, 5) is 19.8. The number of benzene rings is 2. The number of fused-ring (bicyclic) bond motifs is 1. The Labute approximate surface area is 182 Å². The Bertz CT molecular complexity index is 1190. The molecule has 0 radical (unpaired) electrons. The summed E-state index contributed by atoms with van der Waals surface area (Å²) in [5, 5.41) is 3.02. The average molecular weight is 411 g/mol. The van der Waals surface area contributed by atoms with Gasteiger partial charge in [-0.3, -0.25) is 9.69 Å². The van der Waals surface area contributed by atoms with Gasteiger partial charge < -0.3 is 9.72 Å². The van der Waals surface area contributed by atoms with E-state index in [9.17, 15) is 4.79 Å². The van der Waals surface area contributed by atoms with Crippen LogP contribution in [0.1, 0.15) is 35.2 Å². The standard InChI is InChI=1S/C26H26N4O/c31-26(28-23-11-15-30-16-12-27-25(30)18-23)21-9-10-24(20-7-3-1-4-8-20)22(17-21)19-29-13-5-2-6-14-29/h1,3-4,7-12,15-18H,2,5-6,13-14,19H2,(H,28,31). The number of hydrogen-bond donors (Lipinski definition) is 1. The van der Waals surface area contributed by atoms with Crippen LogP contribution in [0.15, 0.2) is 79.3 Å². The van der Waals surface area contributed by atoms with E-state index in [0.717, 1.165) is 31.0 Å². The lowest BCUT2D eigenvalue weighted by atomic mass is 9.96. The Morgan fingerprint density at radius 3 is 2.61 bits per heavy atom. The Kier molecular flexibility index (Phi) is 5.50. The third-order valence-corrected chi connectivity index (χ3v) is 5.95. The highest BCUT2D eigenvalue weighted by Crippen LogP contribution is 2.27. The number of hydrogen-bond acceptors (Lipinski definition) is 3. The summed E-state index contributed by atoms with van der Waals surface area (Å²) in [6.45, 7) is 3.11. The fourth-order valence-electron chi connectivity index (χ4n) is 4.31. The van der Waals surface area contributed by atoms with Gasteiger partial charge in [0.1, 0.15) is 5.65 Å². The molecule has 0 aliphatic carbocycles. The molecule has 1 saturated heterocycles. The van der Waals surface area contributed by atoms with Crippen LogP contribution in [0.4, 0.5) is 5.69 Å². The van der Waals surface area contributed by atoms with Crippen LogP contribution in [0, 0.1) is 0 Å². The number of anilines is 1. The van der Waals surface area contributed by atoms with Gasteiger partial charge >= 0.3 is 0 Å². The third-order valence-electron chi connectivity index (χ3n) is 5.95. The van der Waals surface area contributed by atoms with E-state index in [4.69, 9.17) is 0 Å². The zero-order valence-corrected chi connectivity index (χ0v) is 17.5. The fourth-order valence-corrected chi connectivity index (χ4v) is 4.31. The van der Waals surface area contributed by atoms with Gasteiger partial charge in [0.15, 0.2) is 0 Å². The Morgan fingerprint density at radius 2 is 1.77 bits per heavy atom. The van der Waals surface area contributed by atoms with Crippen LogP contribution in [0.25, 0.3) is 16.8 Å². The summed E-state index contributed by atoms with van der Waals surface area (Å²) < 4.78 is 1.92. The minimum absolute atomic E-state index is 0.101. The molecule has 3 heterocycles. The van der Waals surface area contributed by atoms with Crippen molar-refractivity contribution in [1.29, 1.82) is 0 Å². The second kappa shape index (κ2) is 8.74. The summed E-state index contributed by atoms with van der Waals surface area (Å²) in [7, 11) is 0. The normalized spacial score (nSPS) is 14.6. The molecule has 0 unspecified atom stereocenters. The molecule has 5 heteroatoms. The number of aromatic nitrogens is 2. The van der Waals surface area contributed by atoms with Gasteiger partial charge in [0.25, 0.3) is 5.91 Å². The smallest absolute Gasteiger partial charge is 0.255 e. The zero-order valence-electron chi connectivity index (χ0n) is 17.5. The molecule has 1 aliphatic rings. The second-order valence-electron chi connectivity index (χ2n) is 8.14. The van der Waals surface area contributed by atoms with Crippen molar-refractivity contribution in [3.63, 3.8) is 0 Å². The van der Waals surface area contributed by atoms with Gasteiger partial charge in [0, 0.05) is 42.5 Å². The van der Waals surface area contributed by atoms with E-state index in [1.54, 1.807) is 6.20 Å². The number of likely N-dealkylation sites (tertiary alicyclic amines) is 1. The van der Waals surface area contributed by atoms with Crippen molar-refractivity contribution in [3.05, 3.63) is 90.4 Å². The molecule has 2 aromatic carbocycles. The number of amides is 1. The predicted octanol–water partition coefficient (Wildman–Crippen LogP) is 5.24. The molecule has 1 aliphatic heterocycles. The monoisotopic (exact) mass is 410 g/mol. The fraction of sp³-hybridized carbons (Fsp3) is 0.231. The van der Waals surface area contributed by atoms with E-state index < -0.39 is 0 Å². The van der Waals surface area contributed by atoms with Crippen LogP contribution in [0.2, 0.25) is 0 Å². The van der Waals surface area contributed by atoms with Crippen molar-refractivity contribution in [2.24, 2.45) is 0 Å². The molecule has 4 aromatic rings. The van der Waals surface area contributed by atoms with Crippen LogP contribution in [0.5, 0.6) is 0 Å². The minimum atomic E-state index is -0.101. The maximum Gasteiger partial charge on any atom is 0.255 e. The van der Waals surface area contributed by atoms with E-state index in [-0.39, 0.29) is 5.91 Å². The molecule has 1 fully saturated rings. The molecule has 5 rings (SSSR count). The number of imidazole rings is 1. The minimum Gasteiger partial charge on any atom is -0.322 e. The molecule has 0 spiro atoms. The molecule has 1 N–H and O–H groups in total. The molecular formula is C26H26N4O. The third kappa shape index (κ3) is 4.37. The zero-order chi connectivity index (χ0) is 21.0. The van der Waals surface area contributed by atoms with Crippen molar-refractivity contribution >= 4 is 17.2 Å². The van der Waals surface area contributed by atoms with Crippen LogP contribution in [-0.4, -0.2) is 33.3 Å². The van der Waals surface area contributed by atoms with Crippen molar-refractivity contribution in [1.82, 2.24) is 14.3 Å². The average Bonchev–Trinajstić information content (AvgIpc) is 3.28. The largest absolute Gasteiger partial charge is 0.322 e. The van der Waals surface area contributed by atoms with Gasteiger partial charge in [-0.25, -0.2) is 4.98 Å². The first-order valence-electron chi connectivity index (χ1n) is 10.9. The van der Waals surface area contributed by atoms with Crippen LogP contribution in [-0.2, 0) is 6.54 Å². The first kappa shape index (κ1) is 19.5. The summed E-state index contributed by atoms with van der Waals surface area (Å²) in [6.07, 6.45) is 9.34. The molecule has 0 bridgehead atoms. The quantitative estimate of drug-likeness (QED) is 0.489. The molecule has 5 nitrogen and oxygen atoms in total. The van der Waals surface area contributed by atoms with Crippen molar-refractivity contribution in [2.75, 3.05) is 18.4 Å². The maximum absolute atomic E-state index is 13.0. The number of carbonyl (C=O) groups is 1. The van der Waals surface area contributed by atoms with E-state index in [1.165, 1.54) is 36.0 Å². The first-order chi connectivity index (χ1) is 15.3. The molecule has 156 valence electrons. The summed E-state index contributed by atoms with van der Waals surface area (Å²) >= 11 is 0. The summed E-state index contributed by atoms with van der Waals surface area (Å²) in [5.41, 5.74) is 5.81. The van der Waals surface area contributed by atoms with Crippen molar-refractivity contribution in [2.45, 2.75) is 25.8 Å². The molecule has 0 atom stereocenters. The lowest BCUT2D eigenvalue weighted by molar-refractivity contribution is 0.102. The molecule has 31 heavy (non-hydrogen) atoms. The molecule has 0 saturated carbocycles. The van der Waals surface area contributed by atoms with Crippen molar-refractivity contribution in [3.8, 4) is 11.1 Å². The lowest BCUT2D eigenvalue weighted by Crippen LogP contribution is -2.29. The summed E-state index contributed by atoms with van der Waals surface area (Å²) in [6, 6.07) is 20.3. The Morgan fingerprint density at radius 1 is 0.935 bits per heavy atom. The number of nitrogens with one attached hydrogen (secondary N) is 1. The predicted molar refractivity (Wildman–Crippen MR) is 124 cm³/mol. The lowest BCUT2D eigenvalue weighted by Gasteiger charge is -2.27. The number of pyridine rings is 1. The first-order valence-corrected chi connectivity index (χ1v) is 10.9. The number of nitrogens with zero attached hydrogens (tertiary/aromatic N) is 3. The van der Waals surface area contributed by atoms with Gasteiger partial charge in [0.2, 0.25) is 0 Å². The van der Waals surface area contributed by atoms with E-state index in [1.807, 2.05) is 41.1 Å². The Hall–Kier alpha value is -3.44. The number of rotatable bonds is 5. The van der Waals surface area contributed by atoms with Crippen LogP contribution in [0.3, 0.4) is 0 Å². The van der Waals surface area contributed by atoms with Gasteiger partial charge in [-0.05, 0) is 60.8 Å². The van der Waals surface area contributed by atoms with Crippen LogP contribution >= 0.6 is 0 Å². The van der Waals surface area contributed by atoms with Gasteiger partial charge in [-0.2, -0.15) is 0 Å². The molecule has 2 aromatic heterocycles. The highest BCUT2D eigenvalue weighted by atomic mass is 16.1. The van der Waals surface area contributed by atoms with Crippen molar-refractivity contribution < 1.29 is 4.79 Å². The highest BCUT2D eigenvalue weighted by molar-refractivity contribution is 6.05. The topological polar surface area (TPSA) is 49.6 Å². The SMILES string of the molecule is O=C(Nc1ccn2ccnc2c1)c1ccc(-c2ccccc2)c(CN2CCCCC2)c1. The van der Waals surface area contributed by atoms with E-state index in [2.05, 4.69) is 51.6 Å². The molecular weight excluding hydrogens is 384 g/mol. The maximum atomic E-state index is 13.0. The summed E-state index contributed by atoms with van der Waals surface area (Å²) in [5.74, 6) is -0.101. The number of piperidine rings is 1. The number of carbonyl (C=O) groups excluding carboxylic acids is 1. The van der Waals surface area contributed by atoms with Gasteiger partial charge in [-0.15, -0.1) is 0 Å². The van der Waals surface area contributed by atoms with E-state index in [0.29, 0.717) is 5.56 Å². The van der Waals surface area contributed by atoms with E-state index >= 15 is 0 Å².